The van der Waals surface area contributed by atoms with E-state index in [2.05, 4.69) is 30.6 Å². The molecule has 0 spiro atoms. The number of hydrogen-bond donors (Lipinski definition) is 1. The second kappa shape index (κ2) is 8.30. The van der Waals surface area contributed by atoms with Gasteiger partial charge >= 0.3 is 0 Å². The number of hydrogen-bond acceptors (Lipinski definition) is 6. The average molecular weight is 391 g/mol. The lowest BCUT2D eigenvalue weighted by Crippen LogP contribution is -2.11. The van der Waals surface area contributed by atoms with E-state index in [0.717, 1.165) is 12.1 Å². The molecule has 3 heterocycles. The van der Waals surface area contributed by atoms with E-state index in [1.807, 2.05) is 32.0 Å². The van der Waals surface area contributed by atoms with Crippen molar-refractivity contribution in [2.24, 2.45) is 0 Å². The Bertz CT molecular complexity index is 1110. The molecular formula is C21H22FN7. The monoisotopic (exact) mass is 391 g/mol. The molecule has 0 saturated heterocycles. The third-order valence-corrected chi connectivity index (χ3v) is 4.57. The van der Waals surface area contributed by atoms with Crippen molar-refractivity contribution in [3.63, 3.8) is 0 Å². The average Bonchev–Trinajstić information content (AvgIpc) is 3.13. The van der Waals surface area contributed by atoms with Gasteiger partial charge in [0.05, 0.1) is 6.54 Å². The van der Waals surface area contributed by atoms with Crippen LogP contribution in [0.5, 0.6) is 0 Å². The van der Waals surface area contributed by atoms with E-state index in [4.69, 9.17) is 0 Å². The second-order valence-electron chi connectivity index (χ2n) is 7.09. The molecule has 1 aromatic carbocycles. The molecule has 0 fully saturated rings. The largest absolute Gasteiger partial charge is 0.368 e. The first kappa shape index (κ1) is 18.9. The van der Waals surface area contributed by atoms with E-state index >= 15 is 0 Å². The van der Waals surface area contributed by atoms with Gasteiger partial charge < -0.3 is 5.32 Å². The molecule has 0 unspecified atom stereocenters. The molecule has 4 rings (SSSR count). The normalized spacial score (nSPS) is 11.3. The lowest BCUT2D eigenvalue weighted by molar-refractivity contribution is 0.581. The van der Waals surface area contributed by atoms with Crippen molar-refractivity contribution in [2.75, 3.05) is 11.9 Å². The fourth-order valence-corrected chi connectivity index (χ4v) is 3.00. The summed E-state index contributed by atoms with van der Waals surface area (Å²) in [5, 5.41) is 11.8. The van der Waals surface area contributed by atoms with Gasteiger partial charge in [0, 0.05) is 36.3 Å². The Balaban J connectivity index is 1.63. The van der Waals surface area contributed by atoms with Gasteiger partial charge in [0.15, 0.2) is 17.0 Å². The molecule has 7 nitrogen and oxygen atoms in total. The van der Waals surface area contributed by atoms with Gasteiger partial charge in [0.25, 0.3) is 0 Å². The molecule has 1 N–H and O–H groups in total. The lowest BCUT2D eigenvalue weighted by Gasteiger charge is -2.10. The first-order chi connectivity index (χ1) is 14.1. The van der Waals surface area contributed by atoms with Gasteiger partial charge in [-0.1, -0.05) is 43.3 Å². The molecular weight excluding hydrogens is 369 g/mol. The predicted octanol–water partition coefficient (Wildman–Crippen LogP) is 3.58. The van der Waals surface area contributed by atoms with Crippen LogP contribution in [0.25, 0.3) is 11.2 Å². The Kier molecular flexibility index (Phi) is 5.41. The molecule has 8 heteroatoms. The maximum atomic E-state index is 14.1. The van der Waals surface area contributed by atoms with Crippen molar-refractivity contribution in [1.29, 1.82) is 0 Å². The van der Waals surface area contributed by atoms with Gasteiger partial charge in [-0.05, 0) is 18.2 Å². The Morgan fingerprint density at radius 2 is 1.90 bits per heavy atom. The zero-order chi connectivity index (χ0) is 20.2. The Morgan fingerprint density at radius 1 is 1.07 bits per heavy atom. The highest BCUT2D eigenvalue weighted by Crippen LogP contribution is 2.22. The van der Waals surface area contributed by atoms with Gasteiger partial charge in [-0.3, -0.25) is 4.98 Å². The summed E-state index contributed by atoms with van der Waals surface area (Å²) in [5.41, 5.74) is 2.70. The standard InChI is InChI=1S/C21H22FN7/c1-14(2)19-25-20(24-12-10-16-8-5-6-11-23-16)18-21(26-19)29(28-27-18)13-15-7-3-4-9-17(15)22/h3-9,11,14H,10,12-13H2,1-2H3,(H,24,25,26). The highest BCUT2D eigenvalue weighted by Gasteiger charge is 2.17. The van der Waals surface area contributed by atoms with Crippen LogP contribution >= 0.6 is 0 Å². The van der Waals surface area contributed by atoms with Crippen LogP contribution in [-0.4, -0.2) is 36.5 Å². The van der Waals surface area contributed by atoms with Gasteiger partial charge in [0.1, 0.15) is 11.6 Å². The number of rotatable bonds is 7. The van der Waals surface area contributed by atoms with E-state index in [1.54, 1.807) is 29.1 Å². The van der Waals surface area contributed by atoms with Crippen molar-refractivity contribution < 1.29 is 4.39 Å². The minimum Gasteiger partial charge on any atom is -0.368 e. The number of fused-ring (bicyclic) bond motifs is 1. The molecule has 3 aromatic heterocycles. The van der Waals surface area contributed by atoms with Crippen molar-refractivity contribution >= 4 is 17.0 Å². The molecule has 0 amide bonds. The summed E-state index contributed by atoms with van der Waals surface area (Å²) in [7, 11) is 0. The van der Waals surface area contributed by atoms with Crippen LogP contribution in [0, 0.1) is 5.82 Å². The summed E-state index contributed by atoms with van der Waals surface area (Å²) in [6, 6.07) is 12.5. The molecule has 0 aliphatic heterocycles. The SMILES string of the molecule is CC(C)c1nc(NCCc2ccccn2)c2nnn(Cc3ccccc3F)c2n1. The summed E-state index contributed by atoms with van der Waals surface area (Å²) in [6.45, 7) is 4.97. The highest BCUT2D eigenvalue weighted by atomic mass is 19.1. The van der Waals surface area contributed by atoms with Crippen molar-refractivity contribution in [2.45, 2.75) is 32.7 Å². The summed E-state index contributed by atoms with van der Waals surface area (Å²) in [5.74, 6) is 1.18. The van der Waals surface area contributed by atoms with Crippen LogP contribution in [0.2, 0.25) is 0 Å². The number of nitrogens with one attached hydrogen (secondary N) is 1. The Labute approximate surface area is 168 Å². The zero-order valence-corrected chi connectivity index (χ0v) is 16.4. The summed E-state index contributed by atoms with van der Waals surface area (Å²) < 4.78 is 15.7. The quantitative estimate of drug-likeness (QED) is 0.519. The van der Waals surface area contributed by atoms with E-state index < -0.39 is 0 Å². The minimum atomic E-state index is -0.275. The predicted molar refractivity (Wildman–Crippen MR) is 109 cm³/mol. The van der Waals surface area contributed by atoms with Gasteiger partial charge in [-0.15, -0.1) is 5.10 Å². The first-order valence-electron chi connectivity index (χ1n) is 9.60. The Morgan fingerprint density at radius 3 is 2.66 bits per heavy atom. The number of nitrogens with zero attached hydrogens (tertiary/aromatic N) is 6. The van der Waals surface area contributed by atoms with E-state index in [-0.39, 0.29) is 18.3 Å². The van der Waals surface area contributed by atoms with Crippen molar-refractivity contribution in [3.05, 3.63) is 71.6 Å². The number of halogens is 1. The maximum absolute atomic E-state index is 14.1. The van der Waals surface area contributed by atoms with Crippen LogP contribution in [-0.2, 0) is 13.0 Å². The number of benzene rings is 1. The van der Waals surface area contributed by atoms with Crippen LogP contribution in [0.4, 0.5) is 10.2 Å². The van der Waals surface area contributed by atoms with E-state index in [0.29, 0.717) is 34.9 Å². The van der Waals surface area contributed by atoms with Gasteiger partial charge in [-0.25, -0.2) is 19.0 Å². The van der Waals surface area contributed by atoms with Crippen LogP contribution < -0.4 is 5.32 Å². The highest BCUT2D eigenvalue weighted by molar-refractivity contribution is 5.82. The third-order valence-electron chi connectivity index (χ3n) is 4.57. The molecule has 148 valence electrons. The smallest absolute Gasteiger partial charge is 0.184 e. The molecule has 0 aliphatic carbocycles. The second-order valence-corrected chi connectivity index (χ2v) is 7.09. The topological polar surface area (TPSA) is 81.4 Å². The van der Waals surface area contributed by atoms with Crippen LogP contribution in [0.3, 0.4) is 0 Å². The molecule has 29 heavy (non-hydrogen) atoms. The van der Waals surface area contributed by atoms with Crippen LogP contribution in [0.15, 0.2) is 48.7 Å². The number of anilines is 1. The summed E-state index contributed by atoms with van der Waals surface area (Å²) in [6.07, 6.45) is 2.54. The summed E-state index contributed by atoms with van der Waals surface area (Å²) >= 11 is 0. The van der Waals surface area contributed by atoms with E-state index in [9.17, 15) is 4.39 Å². The summed E-state index contributed by atoms with van der Waals surface area (Å²) in [4.78, 5) is 13.6. The minimum absolute atomic E-state index is 0.132. The zero-order valence-electron chi connectivity index (χ0n) is 16.4. The van der Waals surface area contributed by atoms with Crippen molar-refractivity contribution in [3.8, 4) is 0 Å². The number of pyridine rings is 1. The Hall–Kier alpha value is -3.42. The van der Waals surface area contributed by atoms with Crippen molar-refractivity contribution in [1.82, 2.24) is 29.9 Å². The molecule has 0 saturated carbocycles. The first-order valence-corrected chi connectivity index (χ1v) is 9.60. The molecule has 0 radical (unpaired) electrons. The van der Waals surface area contributed by atoms with Gasteiger partial charge in [-0.2, -0.15) is 0 Å². The fraction of sp³-hybridized carbons (Fsp3) is 0.286. The fourth-order valence-electron chi connectivity index (χ4n) is 3.00. The molecule has 0 bridgehead atoms. The van der Waals surface area contributed by atoms with E-state index in [1.165, 1.54) is 6.07 Å². The molecule has 0 atom stereocenters. The van der Waals surface area contributed by atoms with Gasteiger partial charge in [0.2, 0.25) is 0 Å². The molecule has 0 aliphatic rings. The molecule has 4 aromatic rings. The maximum Gasteiger partial charge on any atom is 0.184 e. The lowest BCUT2D eigenvalue weighted by atomic mass is 10.2. The number of aromatic nitrogens is 6. The third kappa shape index (κ3) is 4.21. The van der Waals surface area contributed by atoms with Crippen LogP contribution in [0.1, 0.15) is 36.8 Å².